The number of methoxy groups -OCH3 is 1. The molecule has 0 radical (unpaired) electrons. The van der Waals surface area contributed by atoms with E-state index in [9.17, 15) is 9.59 Å². The molecular weight excluding hydrogens is 448 g/mol. The van der Waals surface area contributed by atoms with Gasteiger partial charge in [0.2, 0.25) is 0 Å². The number of nitrogens with zero attached hydrogens (tertiary/aromatic N) is 4. The Kier molecular flexibility index (Phi) is 9.97. The maximum absolute atomic E-state index is 13.0. The zero-order valence-electron chi connectivity index (χ0n) is 20.4. The average molecular weight is 483 g/mol. The molecule has 10 heteroatoms. The van der Waals surface area contributed by atoms with Crippen LogP contribution < -0.4 is 11.1 Å². The second-order valence-electron chi connectivity index (χ2n) is 8.29. The Morgan fingerprint density at radius 3 is 2.74 bits per heavy atom. The van der Waals surface area contributed by atoms with Gasteiger partial charge >= 0.3 is 5.97 Å². The van der Waals surface area contributed by atoms with E-state index in [2.05, 4.69) is 27.3 Å². The number of carbonyl (C=O) groups excluding carboxylic acids is 2. The van der Waals surface area contributed by atoms with Crippen LogP contribution in [-0.4, -0.2) is 59.7 Å². The summed E-state index contributed by atoms with van der Waals surface area (Å²) in [6.07, 6.45) is 10.8. The number of aliphatic imine (C=N–C) groups is 1. The van der Waals surface area contributed by atoms with Crippen LogP contribution in [0.15, 0.2) is 35.6 Å². The molecule has 35 heavy (non-hydrogen) atoms. The van der Waals surface area contributed by atoms with E-state index in [1.807, 2.05) is 0 Å². The molecular formula is C25H34N6O4. The molecule has 1 amide bonds. The van der Waals surface area contributed by atoms with Gasteiger partial charge in [-0.25, -0.2) is 9.78 Å². The van der Waals surface area contributed by atoms with Crippen LogP contribution in [0.4, 0.5) is 5.69 Å². The molecule has 188 valence electrons. The topological polar surface area (TPSA) is 134 Å². The molecule has 1 saturated heterocycles. The van der Waals surface area contributed by atoms with Crippen LogP contribution in [-0.2, 0) is 9.47 Å². The highest BCUT2D eigenvalue weighted by atomic mass is 16.5. The van der Waals surface area contributed by atoms with Crippen molar-refractivity contribution in [2.75, 3.05) is 32.2 Å². The first kappa shape index (κ1) is 26.1. The number of allylic oxidation sites excluding steroid dienone is 1. The predicted molar refractivity (Wildman–Crippen MR) is 135 cm³/mol. The summed E-state index contributed by atoms with van der Waals surface area (Å²) in [6.45, 7) is 4.12. The third-order valence-corrected chi connectivity index (χ3v) is 5.75. The average Bonchev–Trinajstić information content (AvgIpc) is 3.32. The third kappa shape index (κ3) is 7.22. The van der Waals surface area contributed by atoms with Gasteiger partial charge in [0.05, 0.1) is 24.5 Å². The molecule has 1 aliphatic heterocycles. The lowest BCUT2D eigenvalue weighted by atomic mass is 10.1. The van der Waals surface area contributed by atoms with Gasteiger partial charge in [0.1, 0.15) is 5.69 Å². The van der Waals surface area contributed by atoms with E-state index >= 15 is 0 Å². The Balaban J connectivity index is 1.74. The van der Waals surface area contributed by atoms with Crippen LogP contribution in [0.3, 0.4) is 0 Å². The van der Waals surface area contributed by atoms with Crippen LogP contribution in [0.1, 0.15) is 78.2 Å². The second-order valence-corrected chi connectivity index (χ2v) is 8.29. The number of nitrogens with two attached hydrogens (primary N) is 1. The van der Waals surface area contributed by atoms with E-state index < -0.39 is 11.9 Å². The zero-order chi connectivity index (χ0) is 25.0. The number of anilines is 1. The van der Waals surface area contributed by atoms with Crippen LogP contribution in [0.2, 0.25) is 0 Å². The maximum atomic E-state index is 13.0. The van der Waals surface area contributed by atoms with Gasteiger partial charge in [0, 0.05) is 43.9 Å². The van der Waals surface area contributed by atoms with Gasteiger partial charge < -0.3 is 20.5 Å². The SMILES string of the molecule is CCCCCCN=CC(=CN)c1cccc(C(=O)Nc2cn(C3CCOCC3)nc2C(=O)OC)n1. The number of unbranched alkanes of at least 4 members (excludes halogenated alkanes) is 3. The number of pyridine rings is 1. The minimum atomic E-state index is -0.628. The molecule has 0 aliphatic carbocycles. The first-order chi connectivity index (χ1) is 17.1. The lowest BCUT2D eigenvalue weighted by molar-refractivity contribution is 0.0583. The molecule has 0 atom stereocenters. The van der Waals surface area contributed by atoms with Crippen molar-refractivity contribution in [3.05, 3.63) is 47.7 Å². The number of nitrogens with one attached hydrogen (secondary N) is 1. The Hall–Kier alpha value is -3.53. The molecule has 2 aromatic heterocycles. The molecule has 0 aromatic carbocycles. The number of ether oxygens (including phenoxy) is 2. The van der Waals surface area contributed by atoms with E-state index in [4.69, 9.17) is 15.2 Å². The smallest absolute Gasteiger partial charge is 0.360 e. The monoisotopic (exact) mass is 482 g/mol. The zero-order valence-corrected chi connectivity index (χ0v) is 20.4. The minimum absolute atomic E-state index is 0.0428. The van der Waals surface area contributed by atoms with Crippen molar-refractivity contribution in [3.63, 3.8) is 0 Å². The molecule has 10 nitrogen and oxygen atoms in total. The summed E-state index contributed by atoms with van der Waals surface area (Å²) in [4.78, 5) is 34.2. The first-order valence-electron chi connectivity index (χ1n) is 12.0. The number of esters is 1. The quantitative estimate of drug-likeness (QED) is 0.284. The fourth-order valence-corrected chi connectivity index (χ4v) is 3.76. The van der Waals surface area contributed by atoms with Gasteiger partial charge in [-0.2, -0.15) is 5.10 Å². The maximum Gasteiger partial charge on any atom is 0.360 e. The largest absolute Gasteiger partial charge is 0.464 e. The van der Waals surface area contributed by atoms with Crippen LogP contribution in [0.25, 0.3) is 5.57 Å². The molecule has 1 aliphatic rings. The van der Waals surface area contributed by atoms with Crippen molar-refractivity contribution in [2.24, 2.45) is 10.7 Å². The summed E-state index contributed by atoms with van der Waals surface area (Å²) in [5.41, 5.74) is 7.43. The van der Waals surface area contributed by atoms with Crippen LogP contribution in [0.5, 0.6) is 0 Å². The first-order valence-corrected chi connectivity index (χ1v) is 12.0. The van der Waals surface area contributed by atoms with Crippen LogP contribution in [0, 0.1) is 0 Å². The number of aromatic nitrogens is 3. The fraction of sp³-hybridized carbons (Fsp3) is 0.480. The van der Waals surface area contributed by atoms with E-state index in [0.29, 0.717) is 31.0 Å². The lowest BCUT2D eigenvalue weighted by Crippen LogP contribution is -2.20. The van der Waals surface area contributed by atoms with Gasteiger partial charge in [-0.15, -0.1) is 0 Å². The molecule has 3 heterocycles. The number of hydrogen-bond acceptors (Lipinski definition) is 8. The molecule has 2 aromatic rings. The van der Waals surface area contributed by atoms with E-state index in [1.165, 1.54) is 26.2 Å². The Labute approximate surface area is 205 Å². The van der Waals surface area contributed by atoms with E-state index in [0.717, 1.165) is 25.7 Å². The summed E-state index contributed by atoms with van der Waals surface area (Å²) >= 11 is 0. The van der Waals surface area contributed by atoms with Gasteiger partial charge in [-0.1, -0.05) is 32.3 Å². The second kappa shape index (κ2) is 13.4. The van der Waals surface area contributed by atoms with Crippen molar-refractivity contribution in [3.8, 4) is 0 Å². The summed E-state index contributed by atoms with van der Waals surface area (Å²) in [5, 5.41) is 7.14. The van der Waals surface area contributed by atoms with Gasteiger partial charge in [-0.3, -0.25) is 14.5 Å². The molecule has 3 rings (SSSR count). The summed E-state index contributed by atoms with van der Waals surface area (Å²) < 4.78 is 12.0. The molecule has 0 saturated carbocycles. The molecule has 1 fully saturated rings. The Morgan fingerprint density at radius 2 is 2.03 bits per heavy atom. The number of amides is 1. The molecule has 0 bridgehead atoms. The number of rotatable bonds is 11. The standard InChI is InChI=1S/C25H34N6O4/c1-3-4-5-6-12-27-16-18(15-26)20-8-7-9-21(28-20)24(32)29-22-17-31(19-10-13-35-14-11-19)30-23(22)25(33)34-2/h7-9,15-17,19H,3-6,10-14,26H2,1-2H3,(H,29,32). The minimum Gasteiger partial charge on any atom is -0.464 e. The summed E-state index contributed by atoms with van der Waals surface area (Å²) in [7, 11) is 1.28. The van der Waals surface area contributed by atoms with Gasteiger partial charge in [0.25, 0.3) is 5.91 Å². The van der Waals surface area contributed by atoms with Crippen molar-refractivity contribution in [1.82, 2.24) is 14.8 Å². The van der Waals surface area contributed by atoms with Crippen molar-refractivity contribution in [1.29, 1.82) is 0 Å². The lowest BCUT2D eigenvalue weighted by Gasteiger charge is -2.22. The normalized spacial score (nSPS) is 14.9. The highest BCUT2D eigenvalue weighted by Gasteiger charge is 2.24. The predicted octanol–water partition coefficient (Wildman–Crippen LogP) is 3.62. The number of hydrogen-bond donors (Lipinski definition) is 2. The van der Waals surface area contributed by atoms with E-state index in [1.54, 1.807) is 35.3 Å². The van der Waals surface area contributed by atoms with Gasteiger partial charge in [0.15, 0.2) is 5.69 Å². The van der Waals surface area contributed by atoms with Crippen molar-refractivity contribution < 1.29 is 19.1 Å². The summed E-state index contributed by atoms with van der Waals surface area (Å²) in [5.74, 6) is -1.10. The Bertz CT molecular complexity index is 1060. The molecule has 0 unspecified atom stereocenters. The van der Waals surface area contributed by atoms with Gasteiger partial charge in [-0.05, 0) is 31.4 Å². The summed E-state index contributed by atoms with van der Waals surface area (Å²) in [6, 6.07) is 5.16. The third-order valence-electron chi connectivity index (χ3n) is 5.75. The molecule has 0 spiro atoms. The van der Waals surface area contributed by atoms with Crippen molar-refractivity contribution >= 4 is 29.4 Å². The van der Waals surface area contributed by atoms with Crippen LogP contribution >= 0.6 is 0 Å². The highest BCUT2D eigenvalue weighted by molar-refractivity contribution is 6.10. The van der Waals surface area contributed by atoms with Crippen molar-refractivity contribution in [2.45, 2.75) is 51.5 Å². The van der Waals surface area contributed by atoms with E-state index in [-0.39, 0.29) is 23.1 Å². The number of carbonyl (C=O) groups is 2. The molecule has 3 N–H and O–H groups in total. The highest BCUT2D eigenvalue weighted by Crippen LogP contribution is 2.25. The fourth-order valence-electron chi connectivity index (χ4n) is 3.76. The Morgan fingerprint density at radius 1 is 1.26 bits per heavy atom.